The molecular weight excluding hydrogens is 200 g/mol. The number of rotatable bonds is 6. The van der Waals surface area contributed by atoms with Crippen LogP contribution in [-0.4, -0.2) is 37.8 Å². The minimum atomic E-state index is -0.744. The Hall–Kier alpha value is -1.37. The second-order valence-electron chi connectivity index (χ2n) is 3.08. The largest absolute Gasteiger partial charge is 0.381 e. The average Bonchev–Trinajstić information content (AvgIpc) is 2.20. The van der Waals surface area contributed by atoms with Gasteiger partial charge >= 0.3 is 0 Å². The van der Waals surface area contributed by atoms with E-state index in [1.807, 2.05) is 13.8 Å². The van der Waals surface area contributed by atoms with Gasteiger partial charge in [0.15, 0.2) is 5.03 Å². The first-order valence-electron chi connectivity index (χ1n) is 4.82. The molecule has 0 bridgehead atoms. The maximum absolute atomic E-state index is 10.1. The first-order valence-corrected chi connectivity index (χ1v) is 4.82. The number of hydrazone groups is 1. The molecule has 0 rings (SSSR count). The summed E-state index contributed by atoms with van der Waals surface area (Å²) in [4.78, 5) is 10.1. The monoisotopic (exact) mass is 218 g/mol. The van der Waals surface area contributed by atoms with Crippen molar-refractivity contribution in [1.82, 2.24) is 10.6 Å². The fourth-order valence-corrected chi connectivity index (χ4v) is 0.904. The van der Waals surface area contributed by atoms with Crippen molar-refractivity contribution >= 4 is 5.96 Å². The van der Waals surface area contributed by atoms with Gasteiger partial charge in [0, 0.05) is 20.2 Å². The molecule has 0 amide bonds. The van der Waals surface area contributed by atoms with Gasteiger partial charge in [0.2, 0.25) is 0 Å². The molecule has 7 heteroatoms. The van der Waals surface area contributed by atoms with Crippen LogP contribution in [0.5, 0.6) is 0 Å². The van der Waals surface area contributed by atoms with Crippen molar-refractivity contribution < 1.29 is 9.77 Å². The Labute approximate surface area is 89.0 Å². The Morgan fingerprint density at radius 3 is 2.80 bits per heavy atom. The molecule has 0 saturated carbocycles. The number of hydrogen-bond acceptors (Lipinski definition) is 3. The zero-order valence-corrected chi connectivity index (χ0v) is 9.32. The van der Waals surface area contributed by atoms with Crippen LogP contribution in [0.15, 0.2) is 5.10 Å². The number of guanidine groups is 1. The maximum atomic E-state index is 10.1. The van der Waals surface area contributed by atoms with Crippen LogP contribution in [0.1, 0.15) is 13.8 Å². The normalized spacial score (nSPS) is 13.4. The highest BCUT2D eigenvalue weighted by Crippen LogP contribution is 1.93. The summed E-state index contributed by atoms with van der Waals surface area (Å²) in [7, 11) is 1.57. The Morgan fingerprint density at radius 1 is 1.67 bits per heavy atom. The van der Waals surface area contributed by atoms with Gasteiger partial charge in [0.25, 0.3) is 5.96 Å². The smallest absolute Gasteiger partial charge is 0.268 e. The van der Waals surface area contributed by atoms with Crippen molar-refractivity contribution in [2.24, 2.45) is 11.0 Å². The topological polar surface area (TPSA) is 88.8 Å². The lowest BCUT2D eigenvalue weighted by molar-refractivity contribution is -0.485. The Kier molecular flexibility index (Phi) is 7.25. The van der Waals surface area contributed by atoms with E-state index in [0.717, 1.165) is 0 Å². The van der Waals surface area contributed by atoms with Crippen LogP contribution in [-0.2, 0) is 4.74 Å². The first-order chi connectivity index (χ1) is 7.10. The average molecular weight is 218 g/mol. The lowest BCUT2D eigenvalue weighted by Gasteiger charge is -2.12. The molecule has 1 unspecified atom stereocenters. The molecule has 7 nitrogen and oxygen atoms in total. The van der Waals surface area contributed by atoms with Gasteiger partial charge in [-0.05, 0) is 12.8 Å². The molecule has 15 heavy (non-hydrogen) atoms. The minimum Gasteiger partial charge on any atom is -0.381 e. The van der Waals surface area contributed by atoms with Gasteiger partial charge in [-0.2, -0.15) is 0 Å². The van der Waals surface area contributed by atoms with Crippen LogP contribution in [0.3, 0.4) is 0 Å². The summed E-state index contributed by atoms with van der Waals surface area (Å²) >= 11 is 0. The molecule has 0 aromatic rings. The van der Waals surface area contributed by atoms with E-state index in [9.17, 15) is 10.1 Å². The molecule has 0 radical (unpaired) electrons. The molecule has 0 aliphatic carbocycles. The van der Waals surface area contributed by atoms with Gasteiger partial charge in [-0.15, -0.1) is 0 Å². The van der Waals surface area contributed by atoms with Crippen LogP contribution in [0, 0.1) is 16.0 Å². The van der Waals surface area contributed by atoms with Crippen molar-refractivity contribution in [2.45, 2.75) is 13.8 Å². The lowest BCUT2D eigenvalue weighted by atomic mass is 10.2. The Bertz CT molecular complexity index is 220. The van der Waals surface area contributed by atoms with E-state index in [1.165, 1.54) is 0 Å². The van der Waals surface area contributed by atoms with E-state index in [-0.39, 0.29) is 11.9 Å². The van der Waals surface area contributed by atoms with E-state index < -0.39 is 5.03 Å². The summed E-state index contributed by atoms with van der Waals surface area (Å²) in [5.41, 5.74) is 0. The number of nitrogens with zero attached hydrogens (tertiary/aromatic N) is 2. The molecule has 0 aliphatic heterocycles. The van der Waals surface area contributed by atoms with Gasteiger partial charge in [0.05, 0.1) is 6.61 Å². The first kappa shape index (κ1) is 13.6. The van der Waals surface area contributed by atoms with E-state index in [2.05, 4.69) is 15.7 Å². The number of nitro groups is 1. The zero-order valence-electron chi connectivity index (χ0n) is 9.32. The fraction of sp³-hybridized carbons (Fsp3) is 0.875. The molecule has 0 heterocycles. The Balaban J connectivity index is 3.85. The third-order valence-electron chi connectivity index (χ3n) is 1.64. The second kappa shape index (κ2) is 7.98. The standard InChI is InChI=1S/C8H18N4O3/c1-4-15-6-7(2)5-10-8(9-3)11-12(13)14/h7H,4-6H2,1-3H3,(H2,9,10,11). The summed E-state index contributed by atoms with van der Waals surface area (Å²) in [5, 5.41) is 17.9. The summed E-state index contributed by atoms with van der Waals surface area (Å²) in [6.45, 7) is 5.79. The van der Waals surface area contributed by atoms with Gasteiger partial charge in [-0.25, -0.2) is 10.1 Å². The van der Waals surface area contributed by atoms with E-state index in [1.54, 1.807) is 7.05 Å². The molecule has 88 valence electrons. The van der Waals surface area contributed by atoms with Crippen molar-refractivity contribution in [2.75, 3.05) is 26.8 Å². The predicted octanol–water partition coefficient (Wildman–Crippen LogP) is 0.0157. The molecule has 0 aliphatic rings. The molecule has 1 atom stereocenters. The summed E-state index contributed by atoms with van der Waals surface area (Å²) < 4.78 is 5.21. The van der Waals surface area contributed by atoms with Crippen LogP contribution in [0.2, 0.25) is 0 Å². The number of ether oxygens (including phenoxy) is 1. The molecular formula is C8H18N4O3. The molecule has 0 spiro atoms. The number of hydrogen-bond donors (Lipinski definition) is 2. The van der Waals surface area contributed by atoms with Gasteiger partial charge < -0.3 is 15.4 Å². The van der Waals surface area contributed by atoms with Crippen LogP contribution < -0.4 is 10.6 Å². The number of nitrogens with one attached hydrogen (secondary N) is 2. The van der Waals surface area contributed by atoms with E-state index in [4.69, 9.17) is 4.74 Å². The minimum absolute atomic E-state index is 0.156. The quantitative estimate of drug-likeness (QED) is 0.284. The third-order valence-corrected chi connectivity index (χ3v) is 1.64. The zero-order chi connectivity index (χ0) is 11.7. The van der Waals surface area contributed by atoms with Crippen molar-refractivity contribution in [3.63, 3.8) is 0 Å². The molecule has 2 N–H and O–H groups in total. The van der Waals surface area contributed by atoms with Gasteiger partial charge in [0.1, 0.15) is 5.10 Å². The van der Waals surface area contributed by atoms with Crippen LogP contribution in [0.25, 0.3) is 0 Å². The highest BCUT2D eigenvalue weighted by atomic mass is 16.7. The molecule has 0 saturated heterocycles. The highest BCUT2D eigenvalue weighted by molar-refractivity contribution is 5.78. The van der Waals surface area contributed by atoms with Crippen molar-refractivity contribution in [3.05, 3.63) is 10.1 Å². The fourth-order valence-electron chi connectivity index (χ4n) is 0.904. The highest BCUT2D eigenvalue weighted by Gasteiger charge is 2.05. The predicted molar refractivity (Wildman–Crippen MR) is 57.1 cm³/mol. The van der Waals surface area contributed by atoms with E-state index >= 15 is 0 Å². The summed E-state index contributed by atoms with van der Waals surface area (Å²) in [5.74, 6) is 0.429. The van der Waals surface area contributed by atoms with Crippen molar-refractivity contribution in [1.29, 1.82) is 0 Å². The summed E-state index contributed by atoms with van der Waals surface area (Å²) in [6, 6.07) is 0. The van der Waals surface area contributed by atoms with Crippen LogP contribution >= 0.6 is 0 Å². The van der Waals surface area contributed by atoms with E-state index in [0.29, 0.717) is 19.8 Å². The molecule has 0 fully saturated rings. The van der Waals surface area contributed by atoms with Crippen LogP contribution in [0.4, 0.5) is 0 Å². The second-order valence-corrected chi connectivity index (χ2v) is 3.08. The molecule has 0 aromatic heterocycles. The summed E-state index contributed by atoms with van der Waals surface area (Å²) in [6.07, 6.45) is 0. The third kappa shape index (κ3) is 7.68. The Morgan fingerprint density at radius 2 is 2.33 bits per heavy atom. The van der Waals surface area contributed by atoms with Gasteiger partial charge in [-0.1, -0.05) is 6.92 Å². The van der Waals surface area contributed by atoms with Gasteiger partial charge in [-0.3, -0.25) is 0 Å². The SMILES string of the molecule is CCOCC(C)CN/C(=N/[N+](=O)[O-])NC. The lowest BCUT2D eigenvalue weighted by Crippen LogP contribution is -2.38. The molecule has 0 aromatic carbocycles. The maximum Gasteiger partial charge on any atom is 0.268 e. The van der Waals surface area contributed by atoms with Crippen molar-refractivity contribution in [3.8, 4) is 0 Å².